The summed E-state index contributed by atoms with van der Waals surface area (Å²) in [4.78, 5) is 33.9. The average molecular weight is 329 g/mol. The zero-order valence-corrected chi connectivity index (χ0v) is 13.2. The topological polar surface area (TPSA) is 129 Å². The summed E-state index contributed by atoms with van der Waals surface area (Å²) < 4.78 is 4.66. The highest BCUT2D eigenvalue weighted by molar-refractivity contribution is 7.98. The Morgan fingerprint density at radius 1 is 1.45 bits per heavy atom. The van der Waals surface area contributed by atoms with Crippen LogP contribution in [0.1, 0.15) is 13.3 Å². The van der Waals surface area contributed by atoms with E-state index in [1.54, 1.807) is 13.0 Å². The first kappa shape index (κ1) is 19.8. The van der Waals surface area contributed by atoms with Gasteiger partial charge >= 0.3 is 11.9 Å². The number of carboxylic acid groups (broad SMARTS) is 1. The van der Waals surface area contributed by atoms with Crippen LogP contribution in [0.5, 0.6) is 0 Å². The molecule has 22 heavy (non-hydrogen) atoms. The number of hydrogen-bond donors (Lipinski definition) is 3. The lowest BCUT2D eigenvalue weighted by Crippen LogP contribution is -2.42. The number of thioether (sulfide) groups is 1. The lowest BCUT2D eigenvalue weighted by Gasteiger charge is -2.13. The Morgan fingerprint density at radius 2 is 2.14 bits per heavy atom. The standard InChI is InChI=1S/C13H19N3O5S/c1-3-21-11(17)8-15-7-9(6-14)12(18)16-10(13(19)20)4-5-22-2/h7,10,15H,3-5,8H2,1-2H3,(H,16,18)(H,19,20)/b9-7-. The van der Waals surface area contributed by atoms with Gasteiger partial charge in [-0.1, -0.05) is 0 Å². The number of hydrogen-bond acceptors (Lipinski definition) is 7. The van der Waals surface area contributed by atoms with Crippen molar-refractivity contribution in [1.29, 1.82) is 5.26 Å². The predicted molar refractivity (Wildman–Crippen MR) is 80.9 cm³/mol. The minimum absolute atomic E-state index is 0.193. The fourth-order valence-corrected chi connectivity index (χ4v) is 1.80. The van der Waals surface area contributed by atoms with Gasteiger partial charge in [-0.15, -0.1) is 0 Å². The monoisotopic (exact) mass is 329 g/mol. The molecule has 0 saturated carbocycles. The van der Waals surface area contributed by atoms with Gasteiger partial charge in [-0.25, -0.2) is 4.79 Å². The van der Waals surface area contributed by atoms with Crippen LogP contribution in [0.4, 0.5) is 0 Å². The maximum Gasteiger partial charge on any atom is 0.326 e. The number of carbonyl (C=O) groups excluding carboxylic acids is 2. The second-order valence-electron chi connectivity index (χ2n) is 4.00. The van der Waals surface area contributed by atoms with Crippen LogP contribution < -0.4 is 10.6 Å². The van der Waals surface area contributed by atoms with E-state index in [0.717, 1.165) is 6.20 Å². The fraction of sp³-hybridized carbons (Fsp3) is 0.538. The maximum absolute atomic E-state index is 11.8. The van der Waals surface area contributed by atoms with Crippen LogP contribution in [0.25, 0.3) is 0 Å². The van der Waals surface area contributed by atoms with Crippen LogP contribution in [0.15, 0.2) is 11.8 Å². The predicted octanol–water partition coefficient (Wildman–Crippen LogP) is -0.131. The molecule has 0 aromatic carbocycles. The molecule has 0 aromatic heterocycles. The van der Waals surface area contributed by atoms with Gasteiger partial charge in [0.05, 0.1) is 6.61 Å². The van der Waals surface area contributed by atoms with Gasteiger partial charge in [0, 0.05) is 6.20 Å². The molecule has 122 valence electrons. The van der Waals surface area contributed by atoms with Gasteiger partial charge < -0.3 is 20.5 Å². The summed E-state index contributed by atoms with van der Waals surface area (Å²) in [6, 6.07) is 0.576. The molecule has 0 aliphatic carbocycles. The molecule has 0 spiro atoms. The van der Waals surface area contributed by atoms with E-state index in [0.29, 0.717) is 5.75 Å². The molecular formula is C13H19N3O5S. The Kier molecular flexibility index (Phi) is 10.3. The second-order valence-corrected chi connectivity index (χ2v) is 4.99. The van der Waals surface area contributed by atoms with E-state index in [4.69, 9.17) is 10.4 Å². The number of aliphatic carboxylic acids is 1. The molecule has 0 aliphatic heterocycles. The maximum atomic E-state index is 11.8. The van der Waals surface area contributed by atoms with Crippen LogP contribution in [-0.2, 0) is 19.1 Å². The van der Waals surface area contributed by atoms with Crippen LogP contribution >= 0.6 is 11.8 Å². The number of nitrogens with zero attached hydrogens (tertiary/aromatic N) is 1. The normalized spacial score (nSPS) is 12.0. The van der Waals surface area contributed by atoms with E-state index >= 15 is 0 Å². The van der Waals surface area contributed by atoms with Crippen molar-refractivity contribution in [2.75, 3.05) is 25.2 Å². The van der Waals surface area contributed by atoms with E-state index in [1.165, 1.54) is 11.8 Å². The first-order chi connectivity index (χ1) is 10.5. The van der Waals surface area contributed by atoms with Crippen LogP contribution in [0.2, 0.25) is 0 Å². The number of nitriles is 1. The third-order valence-electron chi connectivity index (χ3n) is 2.38. The summed E-state index contributed by atoms with van der Waals surface area (Å²) in [6.45, 7) is 1.69. The molecule has 1 amide bonds. The summed E-state index contributed by atoms with van der Waals surface area (Å²) in [7, 11) is 0. The van der Waals surface area contributed by atoms with Crippen molar-refractivity contribution in [2.24, 2.45) is 0 Å². The number of esters is 1. The van der Waals surface area contributed by atoms with Crippen molar-refractivity contribution in [3.8, 4) is 6.07 Å². The van der Waals surface area contributed by atoms with Gasteiger partial charge in [-0.05, 0) is 25.4 Å². The first-order valence-electron chi connectivity index (χ1n) is 6.48. The minimum Gasteiger partial charge on any atom is -0.480 e. The molecule has 0 saturated heterocycles. The largest absolute Gasteiger partial charge is 0.480 e. The quantitative estimate of drug-likeness (QED) is 0.287. The molecule has 0 radical (unpaired) electrons. The van der Waals surface area contributed by atoms with Gasteiger partial charge in [-0.2, -0.15) is 17.0 Å². The lowest BCUT2D eigenvalue weighted by molar-refractivity contribution is -0.142. The van der Waals surface area contributed by atoms with Gasteiger partial charge in [0.15, 0.2) is 0 Å². The average Bonchev–Trinajstić information content (AvgIpc) is 2.47. The molecule has 0 heterocycles. The number of nitrogens with one attached hydrogen (secondary N) is 2. The summed E-state index contributed by atoms with van der Waals surface area (Å²) in [6.07, 6.45) is 3.12. The Morgan fingerprint density at radius 3 is 2.64 bits per heavy atom. The highest BCUT2D eigenvalue weighted by Gasteiger charge is 2.21. The van der Waals surface area contributed by atoms with Crippen molar-refractivity contribution in [2.45, 2.75) is 19.4 Å². The Hall–Kier alpha value is -2.21. The van der Waals surface area contributed by atoms with Gasteiger partial charge in [0.25, 0.3) is 5.91 Å². The Bertz CT molecular complexity index is 473. The van der Waals surface area contributed by atoms with E-state index in [-0.39, 0.29) is 25.1 Å². The number of carbonyl (C=O) groups is 3. The van der Waals surface area contributed by atoms with Gasteiger partial charge in [0.1, 0.15) is 24.2 Å². The van der Waals surface area contributed by atoms with Gasteiger partial charge in [-0.3, -0.25) is 9.59 Å². The minimum atomic E-state index is -1.17. The van der Waals surface area contributed by atoms with Crippen molar-refractivity contribution in [3.05, 3.63) is 11.8 Å². The molecule has 9 heteroatoms. The van der Waals surface area contributed by atoms with E-state index in [1.807, 2.05) is 6.26 Å². The van der Waals surface area contributed by atoms with E-state index in [9.17, 15) is 14.4 Å². The third kappa shape index (κ3) is 8.16. The zero-order chi connectivity index (χ0) is 17.0. The number of carboxylic acids is 1. The fourth-order valence-electron chi connectivity index (χ4n) is 1.33. The van der Waals surface area contributed by atoms with Crippen LogP contribution in [0, 0.1) is 11.3 Å². The SMILES string of the molecule is CCOC(=O)CN/C=C(/C#N)C(=O)NC(CCSC)C(=O)O. The number of ether oxygens (including phenoxy) is 1. The Balaban J connectivity index is 4.59. The smallest absolute Gasteiger partial charge is 0.326 e. The number of amides is 1. The molecule has 0 aliphatic rings. The summed E-state index contributed by atoms with van der Waals surface area (Å²) >= 11 is 1.45. The summed E-state index contributed by atoms with van der Waals surface area (Å²) in [5.74, 6) is -1.95. The lowest BCUT2D eigenvalue weighted by atomic mass is 10.2. The molecular weight excluding hydrogens is 310 g/mol. The second kappa shape index (κ2) is 11.4. The Labute approximate surface area is 132 Å². The third-order valence-corrected chi connectivity index (χ3v) is 3.02. The highest BCUT2D eigenvalue weighted by Crippen LogP contribution is 2.02. The van der Waals surface area contributed by atoms with Crippen molar-refractivity contribution in [3.63, 3.8) is 0 Å². The van der Waals surface area contributed by atoms with Gasteiger partial charge in [0.2, 0.25) is 0 Å². The molecule has 8 nitrogen and oxygen atoms in total. The number of rotatable bonds is 10. The summed E-state index contributed by atoms with van der Waals surface area (Å²) in [5, 5.41) is 22.7. The molecule has 0 bridgehead atoms. The van der Waals surface area contributed by atoms with Crippen molar-refractivity contribution < 1.29 is 24.2 Å². The van der Waals surface area contributed by atoms with Crippen molar-refractivity contribution in [1.82, 2.24) is 10.6 Å². The molecule has 0 aromatic rings. The van der Waals surface area contributed by atoms with E-state index in [2.05, 4.69) is 15.4 Å². The molecule has 1 atom stereocenters. The zero-order valence-electron chi connectivity index (χ0n) is 12.4. The van der Waals surface area contributed by atoms with Crippen LogP contribution in [0.3, 0.4) is 0 Å². The molecule has 3 N–H and O–H groups in total. The molecule has 1 unspecified atom stereocenters. The first-order valence-corrected chi connectivity index (χ1v) is 7.87. The van der Waals surface area contributed by atoms with Crippen LogP contribution in [-0.4, -0.2) is 54.2 Å². The van der Waals surface area contributed by atoms with Crippen molar-refractivity contribution >= 4 is 29.6 Å². The highest BCUT2D eigenvalue weighted by atomic mass is 32.2. The van der Waals surface area contributed by atoms with E-state index < -0.39 is 23.9 Å². The summed E-state index contributed by atoms with van der Waals surface area (Å²) in [5.41, 5.74) is -0.320. The molecule has 0 rings (SSSR count). The molecule has 0 fully saturated rings.